The zero-order valence-corrected chi connectivity index (χ0v) is 17.1. The second kappa shape index (κ2) is 8.01. The summed E-state index contributed by atoms with van der Waals surface area (Å²) in [6.07, 6.45) is 0. The predicted molar refractivity (Wildman–Crippen MR) is 110 cm³/mol. The summed E-state index contributed by atoms with van der Waals surface area (Å²) in [6.45, 7) is 4.04. The second-order valence-corrected chi connectivity index (χ2v) is 7.90. The molecule has 0 radical (unpaired) electrons. The summed E-state index contributed by atoms with van der Waals surface area (Å²) in [5, 5.41) is 4.20. The van der Waals surface area contributed by atoms with Crippen LogP contribution in [0, 0.1) is 13.8 Å². The smallest absolute Gasteiger partial charge is 0.234 e. The quantitative estimate of drug-likeness (QED) is 0.478. The van der Waals surface area contributed by atoms with Crippen molar-refractivity contribution in [2.45, 2.75) is 19.0 Å². The molecule has 1 aromatic carbocycles. The van der Waals surface area contributed by atoms with Gasteiger partial charge in [0.05, 0.1) is 31.0 Å². The average Bonchev–Trinajstić information content (AvgIpc) is 2.94. The maximum absolute atomic E-state index is 12.3. The highest BCUT2D eigenvalue weighted by molar-refractivity contribution is 7.99. The van der Waals surface area contributed by atoms with Gasteiger partial charge in [-0.1, -0.05) is 11.8 Å². The standard InChI is InChI=1S/C18H20N4O3S2/c1-9-10(2)27-17-15(9)16(19)21-18(22-17)26-8-14(23)20-12-7-11(24-3)5-6-13(12)25-4/h5-7H,8H2,1-4H3,(H,20,23)(H2,19,21,22). The van der Waals surface area contributed by atoms with Gasteiger partial charge in [-0.3, -0.25) is 4.79 Å². The van der Waals surface area contributed by atoms with Crippen LogP contribution in [0.1, 0.15) is 10.4 Å². The Balaban J connectivity index is 1.72. The number of hydrogen-bond acceptors (Lipinski definition) is 8. The molecule has 0 aliphatic heterocycles. The summed E-state index contributed by atoms with van der Waals surface area (Å²) >= 11 is 2.81. The minimum absolute atomic E-state index is 0.147. The fraction of sp³-hybridized carbons (Fsp3) is 0.278. The van der Waals surface area contributed by atoms with E-state index in [1.54, 1.807) is 43.8 Å². The van der Waals surface area contributed by atoms with Crippen LogP contribution in [0.2, 0.25) is 0 Å². The monoisotopic (exact) mass is 404 g/mol. The lowest BCUT2D eigenvalue weighted by molar-refractivity contribution is -0.113. The normalized spacial score (nSPS) is 10.8. The van der Waals surface area contributed by atoms with Crippen LogP contribution in [-0.4, -0.2) is 35.8 Å². The van der Waals surface area contributed by atoms with Gasteiger partial charge in [-0.25, -0.2) is 9.97 Å². The van der Waals surface area contributed by atoms with E-state index in [2.05, 4.69) is 15.3 Å². The van der Waals surface area contributed by atoms with Crippen LogP contribution < -0.4 is 20.5 Å². The first-order valence-electron chi connectivity index (χ1n) is 8.10. The van der Waals surface area contributed by atoms with Gasteiger partial charge in [-0.05, 0) is 31.5 Å². The third-order valence-electron chi connectivity index (χ3n) is 4.05. The van der Waals surface area contributed by atoms with Crippen LogP contribution >= 0.6 is 23.1 Å². The van der Waals surface area contributed by atoms with E-state index in [4.69, 9.17) is 15.2 Å². The number of nitrogen functional groups attached to an aromatic ring is 1. The van der Waals surface area contributed by atoms with E-state index in [1.807, 2.05) is 13.8 Å². The Bertz CT molecular complexity index is 1000. The highest BCUT2D eigenvalue weighted by Crippen LogP contribution is 2.33. The maximum atomic E-state index is 12.3. The molecule has 2 aromatic heterocycles. The Kier molecular flexibility index (Phi) is 5.71. The molecule has 0 unspecified atom stereocenters. The van der Waals surface area contributed by atoms with Gasteiger partial charge >= 0.3 is 0 Å². The summed E-state index contributed by atoms with van der Waals surface area (Å²) in [4.78, 5) is 23.2. The lowest BCUT2D eigenvalue weighted by Gasteiger charge is -2.11. The van der Waals surface area contributed by atoms with Crippen LogP contribution in [-0.2, 0) is 4.79 Å². The molecule has 0 bridgehead atoms. The summed E-state index contributed by atoms with van der Waals surface area (Å²) in [6, 6.07) is 5.21. The van der Waals surface area contributed by atoms with Gasteiger partial charge in [0, 0.05) is 10.9 Å². The number of rotatable bonds is 6. The molecule has 3 N–H and O–H groups in total. The van der Waals surface area contributed by atoms with Crippen molar-refractivity contribution in [1.82, 2.24) is 9.97 Å². The lowest BCUT2D eigenvalue weighted by Crippen LogP contribution is -2.15. The van der Waals surface area contributed by atoms with Crippen LogP contribution in [0.25, 0.3) is 10.2 Å². The van der Waals surface area contributed by atoms with Crippen molar-refractivity contribution >= 4 is 50.7 Å². The molecule has 7 nitrogen and oxygen atoms in total. The van der Waals surface area contributed by atoms with Crippen LogP contribution in [0.4, 0.5) is 11.5 Å². The first-order chi connectivity index (χ1) is 12.9. The molecule has 3 rings (SSSR count). The number of benzene rings is 1. The molecule has 0 saturated carbocycles. The number of aryl methyl sites for hydroxylation is 2. The first kappa shape index (κ1) is 19.2. The summed E-state index contributed by atoms with van der Waals surface area (Å²) < 4.78 is 10.5. The van der Waals surface area contributed by atoms with Crippen LogP contribution in [0.15, 0.2) is 23.4 Å². The van der Waals surface area contributed by atoms with Crippen molar-refractivity contribution < 1.29 is 14.3 Å². The number of carbonyl (C=O) groups is 1. The molecule has 0 atom stereocenters. The number of aromatic nitrogens is 2. The minimum atomic E-state index is -0.202. The van der Waals surface area contributed by atoms with Gasteiger partial charge in [-0.15, -0.1) is 11.3 Å². The molecule has 142 valence electrons. The molecule has 0 fully saturated rings. The minimum Gasteiger partial charge on any atom is -0.497 e. The molecule has 2 heterocycles. The highest BCUT2D eigenvalue weighted by Gasteiger charge is 2.15. The molecular weight excluding hydrogens is 384 g/mol. The molecule has 3 aromatic rings. The lowest BCUT2D eigenvalue weighted by atomic mass is 10.2. The Morgan fingerprint density at radius 1 is 1.26 bits per heavy atom. The van der Waals surface area contributed by atoms with Crippen LogP contribution in [0.5, 0.6) is 11.5 Å². The van der Waals surface area contributed by atoms with E-state index in [9.17, 15) is 4.79 Å². The largest absolute Gasteiger partial charge is 0.497 e. The molecular formula is C18H20N4O3S2. The van der Waals surface area contributed by atoms with Crippen molar-refractivity contribution in [1.29, 1.82) is 0 Å². The highest BCUT2D eigenvalue weighted by atomic mass is 32.2. The molecule has 0 aliphatic rings. The van der Waals surface area contributed by atoms with E-state index in [1.165, 1.54) is 11.8 Å². The van der Waals surface area contributed by atoms with Crippen molar-refractivity contribution in [3.8, 4) is 11.5 Å². The third-order valence-corrected chi connectivity index (χ3v) is 6.00. The van der Waals surface area contributed by atoms with Gasteiger partial charge in [-0.2, -0.15) is 0 Å². The second-order valence-electron chi connectivity index (χ2n) is 5.76. The number of carbonyl (C=O) groups excluding carboxylic acids is 1. The Morgan fingerprint density at radius 2 is 2.04 bits per heavy atom. The maximum Gasteiger partial charge on any atom is 0.234 e. The van der Waals surface area contributed by atoms with Crippen molar-refractivity contribution in [3.63, 3.8) is 0 Å². The van der Waals surface area contributed by atoms with Gasteiger partial charge in [0.15, 0.2) is 5.16 Å². The van der Waals surface area contributed by atoms with E-state index in [0.717, 1.165) is 20.7 Å². The first-order valence-corrected chi connectivity index (χ1v) is 9.91. The third kappa shape index (κ3) is 4.09. The van der Waals surface area contributed by atoms with Gasteiger partial charge in [0.1, 0.15) is 22.1 Å². The molecule has 0 spiro atoms. The fourth-order valence-corrected chi connectivity index (χ4v) is 4.30. The molecule has 1 amide bonds. The number of nitrogens with one attached hydrogen (secondary N) is 1. The Morgan fingerprint density at radius 3 is 2.74 bits per heavy atom. The van der Waals surface area contributed by atoms with E-state index in [0.29, 0.717) is 28.2 Å². The van der Waals surface area contributed by atoms with E-state index in [-0.39, 0.29) is 11.7 Å². The molecule has 27 heavy (non-hydrogen) atoms. The number of fused-ring (bicyclic) bond motifs is 1. The summed E-state index contributed by atoms with van der Waals surface area (Å²) in [7, 11) is 3.11. The molecule has 9 heteroatoms. The van der Waals surface area contributed by atoms with Crippen molar-refractivity contribution in [2.75, 3.05) is 31.0 Å². The van der Waals surface area contributed by atoms with Crippen LogP contribution in [0.3, 0.4) is 0 Å². The topological polar surface area (TPSA) is 99.4 Å². The van der Waals surface area contributed by atoms with Crippen molar-refractivity contribution in [3.05, 3.63) is 28.6 Å². The predicted octanol–water partition coefficient (Wildman–Crippen LogP) is 3.64. The average molecular weight is 405 g/mol. The zero-order valence-electron chi connectivity index (χ0n) is 15.5. The number of nitrogens with zero attached hydrogens (tertiary/aromatic N) is 2. The SMILES string of the molecule is COc1ccc(OC)c(NC(=O)CSc2nc(N)c3c(C)c(C)sc3n2)c1. The summed E-state index contributed by atoms with van der Waals surface area (Å²) in [5.74, 6) is 1.57. The number of methoxy groups -OCH3 is 2. The number of anilines is 2. The number of thioether (sulfide) groups is 1. The van der Waals surface area contributed by atoms with Gasteiger partial charge in [0.2, 0.25) is 5.91 Å². The number of thiophene rings is 1. The number of hydrogen-bond donors (Lipinski definition) is 2. The molecule has 0 aliphatic carbocycles. The molecule has 0 saturated heterocycles. The Labute approximate surface area is 165 Å². The zero-order chi connectivity index (χ0) is 19.6. The number of ether oxygens (including phenoxy) is 2. The van der Waals surface area contributed by atoms with Gasteiger partial charge in [0.25, 0.3) is 0 Å². The van der Waals surface area contributed by atoms with Crippen molar-refractivity contribution in [2.24, 2.45) is 0 Å². The van der Waals surface area contributed by atoms with Gasteiger partial charge < -0.3 is 20.5 Å². The number of amides is 1. The number of nitrogens with two attached hydrogens (primary N) is 1. The van der Waals surface area contributed by atoms with E-state index < -0.39 is 0 Å². The van der Waals surface area contributed by atoms with E-state index >= 15 is 0 Å². The summed E-state index contributed by atoms with van der Waals surface area (Å²) in [5.41, 5.74) is 7.73. The fourth-order valence-electron chi connectivity index (χ4n) is 2.55. The Hall–Kier alpha value is -2.52.